The molecule has 1 fully saturated rings. The van der Waals surface area contributed by atoms with Crippen LogP contribution in [0.2, 0.25) is 18.6 Å². The molecule has 1 rings (SSSR count). The lowest BCUT2D eigenvalue weighted by atomic mass is 9.84. The molecule has 4 unspecified atom stereocenters. The van der Waals surface area contributed by atoms with Crippen LogP contribution in [0, 0.1) is 5.92 Å². The lowest BCUT2D eigenvalue weighted by molar-refractivity contribution is -0.0259. The standard InChI is InChI=1S/C14H30O3Si/c1-4-5-9-18(3,17-2)10-8-12-6-7-13(15)14(16)11-12/h12-16H,4-11H2,1-3H3. The molecule has 4 atom stereocenters. The molecule has 0 aromatic heterocycles. The Bertz CT molecular complexity index is 237. The van der Waals surface area contributed by atoms with E-state index in [1.54, 1.807) is 0 Å². The summed E-state index contributed by atoms with van der Waals surface area (Å²) in [5.74, 6) is 0.576. The Hall–Kier alpha value is 0.0969. The zero-order chi connectivity index (χ0) is 13.6. The van der Waals surface area contributed by atoms with Crippen LogP contribution in [0.15, 0.2) is 0 Å². The number of hydrogen-bond acceptors (Lipinski definition) is 3. The van der Waals surface area contributed by atoms with Crippen LogP contribution in [0.3, 0.4) is 0 Å². The van der Waals surface area contributed by atoms with Gasteiger partial charge < -0.3 is 14.6 Å². The van der Waals surface area contributed by atoms with Gasteiger partial charge in [-0.15, -0.1) is 0 Å². The highest BCUT2D eigenvalue weighted by Crippen LogP contribution is 2.32. The van der Waals surface area contributed by atoms with Gasteiger partial charge in [-0.1, -0.05) is 26.2 Å². The second-order valence-corrected chi connectivity index (χ2v) is 10.4. The molecule has 0 spiro atoms. The highest BCUT2D eigenvalue weighted by atomic mass is 28.4. The summed E-state index contributed by atoms with van der Waals surface area (Å²) in [5, 5.41) is 19.2. The van der Waals surface area contributed by atoms with E-state index in [-0.39, 0.29) is 0 Å². The normalized spacial score (nSPS) is 32.2. The topological polar surface area (TPSA) is 49.7 Å². The van der Waals surface area contributed by atoms with Gasteiger partial charge in [0.2, 0.25) is 0 Å². The highest BCUT2D eigenvalue weighted by molar-refractivity contribution is 6.72. The average Bonchev–Trinajstić information content (AvgIpc) is 2.38. The molecule has 18 heavy (non-hydrogen) atoms. The maximum absolute atomic E-state index is 9.71. The predicted molar refractivity (Wildman–Crippen MR) is 77.1 cm³/mol. The van der Waals surface area contributed by atoms with E-state index in [0.717, 1.165) is 25.7 Å². The molecular weight excluding hydrogens is 244 g/mol. The van der Waals surface area contributed by atoms with Crippen molar-refractivity contribution in [2.75, 3.05) is 7.11 Å². The van der Waals surface area contributed by atoms with Gasteiger partial charge >= 0.3 is 0 Å². The Morgan fingerprint density at radius 2 is 1.89 bits per heavy atom. The van der Waals surface area contributed by atoms with Gasteiger partial charge in [0.05, 0.1) is 12.2 Å². The summed E-state index contributed by atoms with van der Waals surface area (Å²) < 4.78 is 5.81. The van der Waals surface area contributed by atoms with Crippen LogP contribution in [0.5, 0.6) is 0 Å². The first-order valence-electron chi connectivity index (χ1n) is 7.42. The fourth-order valence-electron chi connectivity index (χ4n) is 2.87. The van der Waals surface area contributed by atoms with Crippen LogP contribution in [0.1, 0.15) is 45.4 Å². The fourth-order valence-corrected chi connectivity index (χ4v) is 5.65. The van der Waals surface area contributed by atoms with Gasteiger partial charge in [0.1, 0.15) is 0 Å². The Morgan fingerprint density at radius 3 is 2.44 bits per heavy atom. The largest absolute Gasteiger partial charge is 0.420 e. The minimum Gasteiger partial charge on any atom is -0.420 e. The van der Waals surface area contributed by atoms with Gasteiger partial charge in [-0.05, 0) is 43.8 Å². The van der Waals surface area contributed by atoms with Gasteiger partial charge in [0, 0.05) is 7.11 Å². The van der Waals surface area contributed by atoms with Crippen molar-refractivity contribution < 1.29 is 14.6 Å². The van der Waals surface area contributed by atoms with Crippen LogP contribution >= 0.6 is 0 Å². The Balaban J connectivity index is 2.34. The molecule has 0 heterocycles. The second-order valence-electron chi connectivity index (χ2n) is 6.11. The van der Waals surface area contributed by atoms with Crippen molar-refractivity contribution in [2.24, 2.45) is 5.92 Å². The third-order valence-electron chi connectivity index (χ3n) is 4.52. The summed E-state index contributed by atoms with van der Waals surface area (Å²) in [6.07, 6.45) is 5.24. The maximum atomic E-state index is 9.71. The number of aliphatic hydroxyl groups excluding tert-OH is 2. The average molecular weight is 274 g/mol. The van der Waals surface area contributed by atoms with E-state index in [1.165, 1.54) is 24.9 Å². The van der Waals surface area contributed by atoms with E-state index in [2.05, 4.69) is 13.5 Å². The van der Waals surface area contributed by atoms with Gasteiger partial charge in [-0.3, -0.25) is 0 Å². The number of rotatable bonds is 7. The number of hydrogen-bond donors (Lipinski definition) is 2. The highest BCUT2D eigenvalue weighted by Gasteiger charge is 2.31. The molecule has 3 nitrogen and oxygen atoms in total. The summed E-state index contributed by atoms with van der Waals surface area (Å²) >= 11 is 0. The summed E-state index contributed by atoms with van der Waals surface area (Å²) in [7, 11) is 0.351. The van der Waals surface area contributed by atoms with Crippen LogP contribution in [0.25, 0.3) is 0 Å². The van der Waals surface area contributed by atoms with Crippen molar-refractivity contribution >= 4 is 8.32 Å². The first-order valence-corrected chi connectivity index (χ1v) is 10.2. The summed E-state index contributed by atoms with van der Waals surface area (Å²) in [6.45, 7) is 4.56. The molecule has 0 amide bonds. The van der Waals surface area contributed by atoms with Gasteiger partial charge in [-0.25, -0.2) is 0 Å². The van der Waals surface area contributed by atoms with Crippen LogP contribution in [-0.4, -0.2) is 37.8 Å². The summed E-state index contributed by atoms with van der Waals surface area (Å²) in [6, 6.07) is 2.44. The molecule has 1 aliphatic carbocycles. The van der Waals surface area contributed by atoms with E-state index in [1.807, 2.05) is 7.11 Å². The zero-order valence-corrected chi connectivity index (χ0v) is 13.2. The van der Waals surface area contributed by atoms with Crippen molar-refractivity contribution in [3.63, 3.8) is 0 Å². The molecule has 2 N–H and O–H groups in total. The SMILES string of the molecule is CCCC[Si](C)(CCC1CCC(O)C(O)C1)OC. The van der Waals surface area contributed by atoms with E-state index in [4.69, 9.17) is 4.43 Å². The Morgan fingerprint density at radius 1 is 1.17 bits per heavy atom. The maximum Gasteiger partial charge on any atom is 0.189 e. The summed E-state index contributed by atoms with van der Waals surface area (Å²) in [4.78, 5) is 0. The minimum atomic E-state index is -1.51. The Labute approximate surface area is 113 Å². The van der Waals surface area contributed by atoms with E-state index < -0.39 is 20.5 Å². The van der Waals surface area contributed by atoms with Crippen molar-refractivity contribution in [3.8, 4) is 0 Å². The molecule has 1 aliphatic rings. The number of unbranched alkanes of at least 4 members (excludes halogenated alkanes) is 1. The second kappa shape index (κ2) is 7.63. The third-order valence-corrected chi connectivity index (χ3v) is 8.27. The van der Waals surface area contributed by atoms with Crippen molar-refractivity contribution in [1.82, 2.24) is 0 Å². The van der Waals surface area contributed by atoms with Gasteiger partial charge in [0.15, 0.2) is 8.32 Å². The quantitative estimate of drug-likeness (QED) is 0.702. The molecular formula is C14H30O3Si. The fraction of sp³-hybridized carbons (Fsp3) is 1.00. The van der Waals surface area contributed by atoms with Crippen molar-refractivity contribution in [3.05, 3.63) is 0 Å². The van der Waals surface area contributed by atoms with Crippen molar-refractivity contribution in [1.29, 1.82) is 0 Å². The molecule has 1 saturated carbocycles. The van der Waals surface area contributed by atoms with Gasteiger partial charge in [-0.2, -0.15) is 0 Å². The molecule has 0 aromatic carbocycles. The minimum absolute atomic E-state index is 0.493. The Kier molecular flexibility index (Phi) is 6.85. The smallest absolute Gasteiger partial charge is 0.189 e. The summed E-state index contributed by atoms with van der Waals surface area (Å²) in [5.41, 5.74) is 0. The molecule has 108 valence electrons. The predicted octanol–water partition coefficient (Wildman–Crippen LogP) is 2.92. The number of aliphatic hydroxyl groups is 2. The van der Waals surface area contributed by atoms with Crippen molar-refractivity contribution in [2.45, 2.75) is 76.3 Å². The molecule has 0 bridgehead atoms. The molecule has 0 aromatic rings. The van der Waals surface area contributed by atoms with Crippen LogP contribution in [0.4, 0.5) is 0 Å². The molecule has 0 aliphatic heterocycles. The zero-order valence-electron chi connectivity index (χ0n) is 12.2. The molecule has 0 saturated heterocycles. The lowest BCUT2D eigenvalue weighted by Gasteiger charge is -2.32. The first kappa shape index (κ1) is 16.2. The lowest BCUT2D eigenvalue weighted by Crippen LogP contribution is -2.36. The molecule has 4 heteroatoms. The first-order chi connectivity index (χ1) is 8.50. The van der Waals surface area contributed by atoms with E-state index >= 15 is 0 Å². The molecule has 0 radical (unpaired) electrons. The monoisotopic (exact) mass is 274 g/mol. The third kappa shape index (κ3) is 5.00. The van der Waals surface area contributed by atoms with E-state index in [9.17, 15) is 10.2 Å². The van der Waals surface area contributed by atoms with E-state index in [0.29, 0.717) is 5.92 Å². The van der Waals surface area contributed by atoms with Crippen LogP contribution < -0.4 is 0 Å². The van der Waals surface area contributed by atoms with Gasteiger partial charge in [0.25, 0.3) is 0 Å². The van der Waals surface area contributed by atoms with Crippen LogP contribution in [-0.2, 0) is 4.43 Å².